The lowest BCUT2D eigenvalue weighted by Crippen LogP contribution is -2.09. The summed E-state index contributed by atoms with van der Waals surface area (Å²) < 4.78 is 45.3. The summed E-state index contributed by atoms with van der Waals surface area (Å²) in [6.07, 6.45) is 0. The number of benzene rings is 1. The van der Waals surface area contributed by atoms with Crippen LogP contribution in [-0.4, -0.2) is 19.7 Å². The molecule has 0 bridgehead atoms. The fourth-order valence-corrected chi connectivity index (χ4v) is 1.33. The molecule has 0 saturated heterocycles. The molecule has 3 nitrogen and oxygen atoms in total. The largest absolute Gasteiger partial charge is 0.465 e. The van der Waals surface area contributed by atoms with Crippen LogP contribution in [-0.2, 0) is 4.74 Å². The molecule has 0 aliphatic rings. The molecule has 0 unspecified atom stereocenters. The van der Waals surface area contributed by atoms with Gasteiger partial charge in [-0.3, -0.25) is 0 Å². The summed E-state index contributed by atoms with van der Waals surface area (Å²) in [5.74, 6) is -2.28. The van der Waals surface area contributed by atoms with E-state index in [0.717, 1.165) is 13.2 Å². The molecule has 0 radical (unpaired) electrons. The number of esters is 1. The van der Waals surface area contributed by atoms with Crippen LogP contribution in [0, 0.1) is 5.82 Å². The van der Waals surface area contributed by atoms with E-state index in [4.69, 9.17) is 0 Å². The molecule has 1 aromatic carbocycles. The van der Waals surface area contributed by atoms with Crippen molar-refractivity contribution in [2.24, 2.45) is 0 Å². The van der Waals surface area contributed by atoms with Gasteiger partial charge >= 0.3 is 12.6 Å². The Kier molecular flexibility index (Phi) is 4.17. The van der Waals surface area contributed by atoms with Crippen LogP contribution in [0.5, 0.6) is 5.75 Å². The van der Waals surface area contributed by atoms with Crippen LogP contribution in [0.15, 0.2) is 16.6 Å². The molecule has 0 aliphatic heterocycles. The first-order chi connectivity index (χ1) is 7.45. The molecule has 1 rings (SSSR count). The first-order valence-corrected chi connectivity index (χ1v) is 4.77. The Balaban J connectivity index is 3.21. The minimum absolute atomic E-state index is 0.0467. The Morgan fingerprint density at radius 2 is 2.06 bits per heavy atom. The van der Waals surface area contributed by atoms with E-state index < -0.39 is 24.1 Å². The molecule has 0 saturated carbocycles. The molecule has 0 N–H and O–H groups in total. The van der Waals surface area contributed by atoms with E-state index >= 15 is 0 Å². The summed E-state index contributed by atoms with van der Waals surface area (Å²) >= 11 is 2.82. The van der Waals surface area contributed by atoms with Gasteiger partial charge in [-0.05, 0) is 22.0 Å². The topological polar surface area (TPSA) is 35.5 Å². The van der Waals surface area contributed by atoms with Gasteiger partial charge in [-0.25, -0.2) is 9.18 Å². The fourth-order valence-electron chi connectivity index (χ4n) is 0.992. The van der Waals surface area contributed by atoms with E-state index in [9.17, 15) is 18.0 Å². The minimum atomic E-state index is -3.15. The Labute approximate surface area is 97.3 Å². The molecule has 16 heavy (non-hydrogen) atoms. The zero-order valence-corrected chi connectivity index (χ0v) is 9.55. The highest BCUT2D eigenvalue weighted by Crippen LogP contribution is 2.28. The molecular weight excluding hydrogens is 293 g/mol. The number of carbonyl (C=O) groups is 1. The lowest BCUT2D eigenvalue weighted by molar-refractivity contribution is -0.0505. The van der Waals surface area contributed by atoms with Gasteiger partial charge in [-0.15, -0.1) is 0 Å². The first-order valence-electron chi connectivity index (χ1n) is 3.98. The second-order valence-corrected chi connectivity index (χ2v) is 3.49. The van der Waals surface area contributed by atoms with Crippen molar-refractivity contribution >= 4 is 21.9 Å². The van der Waals surface area contributed by atoms with Gasteiger partial charge < -0.3 is 9.47 Å². The van der Waals surface area contributed by atoms with Gasteiger partial charge in [0, 0.05) is 6.07 Å². The van der Waals surface area contributed by atoms with Crippen LogP contribution in [0.3, 0.4) is 0 Å². The molecule has 88 valence electrons. The van der Waals surface area contributed by atoms with Gasteiger partial charge in [0.05, 0.1) is 11.6 Å². The molecule has 0 aliphatic carbocycles. The third kappa shape index (κ3) is 2.88. The van der Waals surface area contributed by atoms with Crippen molar-refractivity contribution in [2.75, 3.05) is 7.11 Å². The van der Waals surface area contributed by atoms with Crippen LogP contribution in [0.1, 0.15) is 10.4 Å². The van der Waals surface area contributed by atoms with Crippen LogP contribution >= 0.6 is 15.9 Å². The lowest BCUT2D eigenvalue weighted by atomic mass is 10.2. The maximum atomic E-state index is 13.1. The third-order valence-corrected chi connectivity index (χ3v) is 2.25. The van der Waals surface area contributed by atoms with Gasteiger partial charge in [-0.2, -0.15) is 8.78 Å². The predicted molar refractivity (Wildman–Crippen MR) is 52.1 cm³/mol. The number of hydrogen-bond donors (Lipinski definition) is 0. The highest BCUT2D eigenvalue weighted by atomic mass is 79.9. The minimum Gasteiger partial charge on any atom is -0.465 e. The quantitative estimate of drug-likeness (QED) is 0.805. The number of carbonyl (C=O) groups excluding carboxylic acids is 1. The Bertz CT molecular complexity index is 409. The first kappa shape index (κ1) is 12.8. The summed E-state index contributed by atoms with van der Waals surface area (Å²) in [6.45, 7) is -3.15. The SMILES string of the molecule is COC(=O)c1cc(Br)c(F)cc1OC(F)F. The maximum absolute atomic E-state index is 13.1. The van der Waals surface area contributed by atoms with Crippen LogP contribution in [0.2, 0.25) is 0 Å². The van der Waals surface area contributed by atoms with Gasteiger partial charge in [0.2, 0.25) is 0 Å². The van der Waals surface area contributed by atoms with E-state index in [0.29, 0.717) is 6.07 Å². The molecule has 0 fully saturated rings. The molecule has 7 heteroatoms. The predicted octanol–water partition coefficient (Wildman–Crippen LogP) is 2.98. The summed E-state index contributed by atoms with van der Waals surface area (Å²) in [7, 11) is 1.08. The smallest absolute Gasteiger partial charge is 0.387 e. The van der Waals surface area contributed by atoms with Crippen molar-refractivity contribution in [2.45, 2.75) is 6.61 Å². The van der Waals surface area contributed by atoms with E-state index in [1.807, 2.05) is 0 Å². The Hall–Kier alpha value is -1.24. The molecule has 0 aromatic heterocycles. The molecule has 0 amide bonds. The normalized spacial score (nSPS) is 10.4. The molecule has 0 heterocycles. The van der Waals surface area contributed by atoms with E-state index in [1.165, 1.54) is 0 Å². The second-order valence-electron chi connectivity index (χ2n) is 2.63. The maximum Gasteiger partial charge on any atom is 0.387 e. The van der Waals surface area contributed by atoms with Crippen molar-refractivity contribution in [3.63, 3.8) is 0 Å². The molecular formula is C9H6BrF3O3. The zero-order chi connectivity index (χ0) is 12.3. The average Bonchev–Trinajstić information content (AvgIpc) is 2.21. The zero-order valence-electron chi connectivity index (χ0n) is 7.97. The lowest BCUT2D eigenvalue weighted by Gasteiger charge is -2.10. The van der Waals surface area contributed by atoms with Crippen molar-refractivity contribution < 1.29 is 27.4 Å². The van der Waals surface area contributed by atoms with Gasteiger partial charge in [-0.1, -0.05) is 0 Å². The highest BCUT2D eigenvalue weighted by molar-refractivity contribution is 9.10. The summed E-state index contributed by atoms with van der Waals surface area (Å²) in [5, 5.41) is 0. The fraction of sp³-hybridized carbons (Fsp3) is 0.222. The molecule has 1 aromatic rings. The Morgan fingerprint density at radius 3 is 2.56 bits per heavy atom. The van der Waals surface area contributed by atoms with Crippen molar-refractivity contribution in [1.29, 1.82) is 0 Å². The Morgan fingerprint density at radius 1 is 1.44 bits per heavy atom. The standard InChI is InChI=1S/C9H6BrF3O3/c1-15-8(14)4-2-5(10)6(11)3-7(4)16-9(12)13/h2-3,9H,1H3. The van der Waals surface area contributed by atoms with Crippen LogP contribution in [0.4, 0.5) is 13.2 Å². The number of alkyl halides is 2. The van der Waals surface area contributed by atoms with Gasteiger partial charge in [0.1, 0.15) is 17.1 Å². The van der Waals surface area contributed by atoms with Gasteiger partial charge in [0.25, 0.3) is 0 Å². The highest BCUT2D eigenvalue weighted by Gasteiger charge is 2.19. The molecule has 0 atom stereocenters. The van der Waals surface area contributed by atoms with Gasteiger partial charge in [0.15, 0.2) is 0 Å². The summed E-state index contributed by atoms with van der Waals surface area (Å²) in [5.41, 5.74) is -0.281. The number of hydrogen-bond acceptors (Lipinski definition) is 3. The van der Waals surface area contributed by atoms with Crippen molar-refractivity contribution in [3.05, 3.63) is 28.0 Å². The second kappa shape index (κ2) is 5.20. The van der Waals surface area contributed by atoms with Crippen LogP contribution < -0.4 is 4.74 Å². The van der Waals surface area contributed by atoms with E-state index in [2.05, 4.69) is 25.4 Å². The van der Waals surface area contributed by atoms with E-state index in [-0.39, 0.29) is 10.0 Å². The number of halogens is 4. The van der Waals surface area contributed by atoms with Crippen molar-refractivity contribution in [3.8, 4) is 5.75 Å². The third-order valence-electron chi connectivity index (χ3n) is 1.64. The van der Waals surface area contributed by atoms with Crippen molar-refractivity contribution in [1.82, 2.24) is 0 Å². The van der Waals surface area contributed by atoms with E-state index in [1.54, 1.807) is 0 Å². The number of methoxy groups -OCH3 is 1. The summed E-state index contributed by atoms with van der Waals surface area (Å²) in [4.78, 5) is 11.2. The summed E-state index contributed by atoms with van der Waals surface area (Å²) in [6, 6.07) is 1.70. The van der Waals surface area contributed by atoms with Crippen LogP contribution in [0.25, 0.3) is 0 Å². The molecule has 0 spiro atoms. The monoisotopic (exact) mass is 298 g/mol. The number of ether oxygens (including phenoxy) is 2. The number of rotatable bonds is 3. The average molecular weight is 299 g/mol.